The topological polar surface area (TPSA) is 122 Å². The maximum absolute atomic E-state index is 12.0. The third kappa shape index (κ3) is 5.87. The van der Waals surface area contributed by atoms with Gasteiger partial charge in [0.05, 0.1) is 13.2 Å². The molecule has 1 heterocycles. The maximum atomic E-state index is 12.0. The van der Waals surface area contributed by atoms with Crippen molar-refractivity contribution in [2.24, 2.45) is 0 Å². The molecule has 3 rings (SSSR count). The van der Waals surface area contributed by atoms with Crippen LogP contribution in [0.3, 0.4) is 0 Å². The number of carbonyl (C=O) groups is 1. The van der Waals surface area contributed by atoms with Crippen LogP contribution in [0.5, 0.6) is 5.75 Å². The summed E-state index contributed by atoms with van der Waals surface area (Å²) < 4.78 is 10.9. The number of aliphatic hydroxyl groups is 1. The largest absolute Gasteiger partial charge is 0.485 e. The molecule has 0 aliphatic carbocycles. The first-order valence-corrected chi connectivity index (χ1v) is 8.26. The van der Waals surface area contributed by atoms with Crippen LogP contribution in [0.2, 0.25) is 0 Å². The average molecular weight is 369 g/mol. The number of benzene rings is 2. The van der Waals surface area contributed by atoms with Gasteiger partial charge in [-0.05, 0) is 29.8 Å². The smallest absolute Gasteiger partial charge is 0.255 e. The monoisotopic (exact) mass is 369 g/mol. The molecule has 0 aliphatic rings. The Kier molecular flexibility index (Phi) is 6.45. The van der Waals surface area contributed by atoms with Crippen molar-refractivity contribution in [2.75, 3.05) is 11.9 Å². The van der Waals surface area contributed by atoms with Crippen LogP contribution in [0.15, 0.2) is 54.6 Å². The van der Waals surface area contributed by atoms with E-state index in [4.69, 9.17) is 9.47 Å². The first kappa shape index (κ1) is 18.5. The summed E-state index contributed by atoms with van der Waals surface area (Å²) in [5.74, 6) is 0.485. The molecule has 0 aliphatic heterocycles. The van der Waals surface area contributed by atoms with Crippen LogP contribution < -0.4 is 10.1 Å². The van der Waals surface area contributed by atoms with Gasteiger partial charge in [0.15, 0.2) is 12.7 Å². The molecule has 1 atom stereocenters. The third-order valence-electron chi connectivity index (χ3n) is 3.57. The fourth-order valence-corrected chi connectivity index (χ4v) is 2.19. The van der Waals surface area contributed by atoms with Crippen molar-refractivity contribution in [3.05, 3.63) is 66.0 Å². The number of ether oxygens (including phenoxy) is 2. The molecule has 0 saturated heterocycles. The normalized spacial score (nSPS) is 11.7. The number of aliphatic hydroxyl groups excluding tert-OH is 1. The second kappa shape index (κ2) is 9.41. The fourth-order valence-electron chi connectivity index (χ4n) is 2.19. The van der Waals surface area contributed by atoms with Gasteiger partial charge in [-0.25, -0.2) is 0 Å². The highest BCUT2D eigenvalue weighted by Crippen LogP contribution is 2.16. The van der Waals surface area contributed by atoms with Crippen molar-refractivity contribution in [2.45, 2.75) is 19.3 Å². The molecule has 9 heteroatoms. The molecule has 2 aromatic carbocycles. The van der Waals surface area contributed by atoms with E-state index in [0.717, 1.165) is 5.56 Å². The van der Waals surface area contributed by atoms with Gasteiger partial charge in [0.25, 0.3) is 5.91 Å². The van der Waals surface area contributed by atoms with E-state index in [9.17, 15) is 9.90 Å². The Balaban J connectivity index is 1.41. The second-order valence-electron chi connectivity index (χ2n) is 5.65. The number of hydrogen-bond acceptors (Lipinski definition) is 7. The number of aromatic amines is 1. The van der Waals surface area contributed by atoms with E-state index in [1.165, 1.54) is 0 Å². The predicted molar refractivity (Wildman–Crippen MR) is 95.7 cm³/mol. The van der Waals surface area contributed by atoms with E-state index >= 15 is 0 Å². The molecular weight excluding hydrogens is 350 g/mol. The van der Waals surface area contributed by atoms with Gasteiger partial charge in [-0.1, -0.05) is 35.5 Å². The standard InChI is InChI=1S/C18H19N5O4/c24-16(11-26-10-13-4-2-1-3-5-13)18(25)19-14-6-8-15(9-7-14)27-12-17-20-22-23-21-17/h1-9,16,24H,10-12H2,(H,19,25)(H,20,21,22,23)/t16-/m0/s1. The quantitative estimate of drug-likeness (QED) is 0.519. The molecule has 1 aromatic heterocycles. The lowest BCUT2D eigenvalue weighted by Gasteiger charge is -2.12. The molecular formula is C18H19N5O4. The number of rotatable bonds is 9. The van der Waals surface area contributed by atoms with Crippen LogP contribution in [0.4, 0.5) is 5.69 Å². The fraction of sp³-hybridized carbons (Fsp3) is 0.222. The molecule has 3 N–H and O–H groups in total. The average Bonchev–Trinajstić information content (AvgIpc) is 3.22. The number of anilines is 1. The van der Waals surface area contributed by atoms with Crippen LogP contribution in [0, 0.1) is 0 Å². The minimum atomic E-state index is -1.26. The molecule has 0 unspecified atom stereocenters. The van der Waals surface area contributed by atoms with Gasteiger partial charge in [-0.2, -0.15) is 5.21 Å². The summed E-state index contributed by atoms with van der Waals surface area (Å²) in [4.78, 5) is 12.0. The van der Waals surface area contributed by atoms with Crippen molar-refractivity contribution >= 4 is 11.6 Å². The van der Waals surface area contributed by atoms with Crippen molar-refractivity contribution in [3.63, 3.8) is 0 Å². The Morgan fingerprint density at radius 3 is 2.59 bits per heavy atom. The maximum Gasteiger partial charge on any atom is 0.255 e. The lowest BCUT2D eigenvalue weighted by molar-refractivity contribution is -0.127. The Bertz CT molecular complexity index is 825. The molecule has 1 amide bonds. The molecule has 140 valence electrons. The van der Waals surface area contributed by atoms with E-state index in [1.54, 1.807) is 24.3 Å². The van der Waals surface area contributed by atoms with Crippen molar-refractivity contribution in [3.8, 4) is 5.75 Å². The Morgan fingerprint density at radius 1 is 1.11 bits per heavy atom. The van der Waals surface area contributed by atoms with Crippen LogP contribution >= 0.6 is 0 Å². The van der Waals surface area contributed by atoms with Gasteiger partial charge in [0, 0.05) is 5.69 Å². The zero-order valence-corrected chi connectivity index (χ0v) is 14.4. The summed E-state index contributed by atoms with van der Waals surface area (Å²) in [5.41, 5.74) is 1.51. The highest BCUT2D eigenvalue weighted by molar-refractivity contribution is 5.94. The number of H-pyrrole nitrogens is 1. The number of tetrazole rings is 1. The van der Waals surface area contributed by atoms with Crippen LogP contribution in [-0.4, -0.2) is 44.3 Å². The van der Waals surface area contributed by atoms with E-state index < -0.39 is 12.0 Å². The lowest BCUT2D eigenvalue weighted by atomic mass is 10.2. The minimum Gasteiger partial charge on any atom is -0.485 e. The number of hydrogen-bond donors (Lipinski definition) is 3. The van der Waals surface area contributed by atoms with Crippen LogP contribution in [0.1, 0.15) is 11.4 Å². The summed E-state index contributed by atoms with van der Waals surface area (Å²) in [5, 5.41) is 25.9. The minimum absolute atomic E-state index is 0.0907. The zero-order valence-electron chi connectivity index (χ0n) is 14.4. The number of amides is 1. The summed E-state index contributed by atoms with van der Waals surface area (Å²) in [6.45, 7) is 0.421. The lowest BCUT2D eigenvalue weighted by Crippen LogP contribution is -2.31. The third-order valence-corrected chi connectivity index (χ3v) is 3.57. The van der Waals surface area contributed by atoms with Gasteiger partial charge in [-0.3, -0.25) is 4.79 Å². The predicted octanol–water partition coefficient (Wildman–Crippen LogP) is 1.29. The molecule has 0 saturated carbocycles. The van der Waals surface area contributed by atoms with E-state index in [-0.39, 0.29) is 13.2 Å². The first-order valence-electron chi connectivity index (χ1n) is 8.26. The van der Waals surface area contributed by atoms with Crippen LogP contribution in [-0.2, 0) is 22.7 Å². The van der Waals surface area contributed by atoms with Gasteiger partial charge in [0.2, 0.25) is 5.82 Å². The first-order chi connectivity index (χ1) is 13.2. The number of aromatic nitrogens is 4. The van der Waals surface area contributed by atoms with Gasteiger partial charge in [0.1, 0.15) is 5.75 Å². The summed E-state index contributed by atoms with van der Waals surface area (Å²) in [6.07, 6.45) is -1.26. The van der Waals surface area contributed by atoms with Gasteiger partial charge in [-0.15, -0.1) is 10.2 Å². The number of carbonyl (C=O) groups excluding carboxylic acids is 1. The van der Waals surface area contributed by atoms with Crippen LogP contribution in [0.25, 0.3) is 0 Å². The SMILES string of the molecule is O=C(Nc1ccc(OCc2nn[nH]n2)cc1)[C@@H](O)COCc1ccccc1. The molecule has 0 fully saturated rings. The summed E-state index contributed by atoms with van der Waals surface area (Å²) in [6, 6.07) is 16.2. The molecule has 3 aromatic rings. The molecule has 0 radical (unpaired) electrons. The summed E-state index contributed by atoms with van der Waals surface area (Å²) in [7, 11) is 0. The number of nitrogens with zero attached hydrogens (tertiary/aromatic N) is 3. The molecule has 0 spiro atoms. The van der Waals surface area contributed by atoms with Gasteiger partial charge < -0.3 is 19.9 Å². The Morgan fingerprint density at radius 2 is 1.89 bits per heavy atom. The van der Waals surface area contributed by atoms with Gasteiger partial charge >= 0.3 is 0 Å². The molecule has 0 bridgehead atoms. The molecule has 9 nitrogen and oxygen atoms in total. The highest BCUT2D eigenvalue weighted by atomic mass is 16.5. The second-order valence-corrected chi connectivity index (χ2v) is 5.65. The van der Waals surface area contributed by atoms with E-state index in [2.05, 4.69) is 25.9 Å². The Hall–Kier alpha value is -3.30. The van der Waals surface area contributed by atoms with E-state index in [0.29, 0.717) is 23.9 Å². The molecule has 27 heavy (non-hydrogen) atoms. The zero-order chi connectivity index (χ0) is 18.9. The van der Waals surface area contributed by atoms with Crippen molar-refractivity contribution < 1.29 is 19.4 Å². The highest BCUT2D eigenvalue weighted by Gasteiger charge is 2.15. The summed E-state index contributed by atoms with van der Waals surface area (Å²) >= 11 is 0. The van der Waals surface area contributed by atoms with E-state index in [1.807, 2.05) is 30.3 Å². The number of nitrogens with one attached hydrogen (secondary N) is 2. The van der Waals surface area contributed by atoms with Crippen molar-refractivity contribution in [1.29, 1.82) is 0 Å². The van der Waals surface area contributed by atoms with Crippen molar-refractivity contribution in [1.82, 2.24) is 20.6 Å². The Labute approximate surface area is 155 Å².